The van der Waals surface area contributed by atoms with Gasteiger partial charge in [0.15, 0.2) is 0 Å². The molecule has 2 amide bonds. The second-order valence-electron chi connectivity index (χ2n) is 6.27. The minimum absolute atomic E-state index is 0.0388. The Hall–Kier alpha value is -2.64. The monoisotopic (exact) mass is 386 g/mol. The third kappa shape index (κ3) is 4.20. The summed E-state index contributed by atoms with van der Waals surface area (Å²) < 4.78 is 10.7. The van der Waals surface area contributed by atoms with Gasteiger partial charge < -0.3 is 14.8 Å². The number of hydrogen-bond donors (Lipinski definition) is 1. The summed E-state index contributed by atoms with van der Waals surface area (Å²) in [6.45, 7) is 4.35. The van der Waals surface area contributed by atoms with Gasteiger partial charge in [0, 0.05) is 16.6 Å². The Morgan fingerprint density at radius 1 is 1.15 bits per heavy atom. The molecular formula is C20H22N2O4S. The molecule has 142 valence electrons. The highest BCUT2D eigenvalue weighted by molar-refractivity contribution is 7.11. The lowest BCUT2D eigenvalue weighted by Crippen LogP contribution is -2.35. The van der Waals surface area contributed by atoms with Crippen molar-refractivity contribution in [3.63, 3.8) is 0 Å². The molecule has 1 aliphatic rings. The Morgan fingerprint density at radius 2 is 1.96 bits per heavy atom. The van der Waals surface area contributed by atoms with Crippen molar-refractivity contribution in [1.82, 2.24) is 4.90 Å². The molecule has 0 radical (unpaired) electrons. The maximum atomic E-state index is 13.0. The third-order valence-electron chi connectivity index (χ3n) is 4.04. The minimum atomic E-state index is -0.349. The van der Waals surface area contributed by atoms with Gasteiger partial charge in [0.05, 0.1) is 31.9 Å². The van der Waals surface area contributed by atoms with Crippen molar-refractivity contribution in [3.05, 3.63) is 52.4 Å². The number of carbonyl (C=O) groups is 2. The fourth-order valence-electron chi connectivity index (χ4n) is 2.77. The van der Waals surface area contributed by atoms with E-state index in [1.54, 1.807) is 13.2 Å². The summed E-state index contributed by atoms with van der Waals surface area (Å²) in [5.41, 5.74) is 1.35. The van der Waals surface area contributed by atoms with E-state index in [4.69, 9.17) is 9.47 Å². The van der Waals surface area contributed by atoms with Gasteiger partial charge in [0.1, 0.15) is 11.4 Å². The topological polar surface area (TPSA) is 67.9 Å². The number of carbonyl (C=O) groups excluding carboxylic acids is 2. The molecule has 0 bridgehead atoms. The predicted molar refractivity (Wildman–Crippen MR) is 106 cm³/mol. The maximum absolute atomic E-state index is 13.0. The van der Waals surface area contributed by atoms with Crippen molar-refractivity contribution < 1.29 is 19.1 Å². The van der Waals surface area contributed by atoms with Crippen LogP contribution >= 0.6 is 11.3 Å². The second kappa shape index (κ2) is 8.37. The SMILES string of the molecule is COc1cccc(NC2=C(c3cccs3)C(=O)N(CCOC(C)C)C2=O)c1. The van der Waals surface area contributed by atoms with E-state index < -0.39 is 0 Å². The van der Waals surface area contributed by atoms with Crippen LogP contribution in [-0.4, -0.2) is 43.1 Å². The van der Waals surface area contributed by atoms with E-state index in [1.165, 1.54) is 16.2 Å². The molecule has 0 unspecified atom stereocenters. The molecule has 6 nitrogen and oxygen atoms in total. The zero-order valence-corrected chi connectivity index (χ0v) is 16.3. The first kappa shape index (κ1) is 19.1. The predicted octanol–water partition coefficient (Wildman–Crippen LogP) is 3.37. The fourth-order valence-corrected chi connectivity index (χ4v) is 3.54. The van der Waals surface area contributed by atoms with Gasteiger partial charge in [-0.15, -0.1) is 11.3 Å². The molecule has 1 aromatic carbocycles. The molecule has 1 N–H and O–H groups in total. The molecule has 0 fully saturated rings. The van der Waals surface area contributed by atoms with E-state index in [0.717, 1.165) is 4.88 Å². The van der Waals surface area contributed by atoms with Crippen molar-refractivity contribution in [1.29, 1.82) is 0 Å². The summed E-state index contributed by atoms with van der Waals surface area (Å²) in [7, 11) is 1.58. The van der Waals surface area contributed by atoms with Crippen LogP contribution in [0.25, 0.3) is 5.57 Å². The van der Waals surface area contributed by atoms with Crippen molar-refractivity contribution in [3.8, 4) is 5.75 Å². The average molecular weight is 386 g/mol. The lowest BCUT2D eigenvalue weighted by Gasteiger charge is -2.16. The van der Waals surface area contributed by atoms with Gasteiger partial charge in [-0.1, -0.05) is 12.1 Å². The highest BCUT2D eigenvalue weighted by atomic mass is 32.1. The minimum Gasteiger partial charge on any atom is -0.497 e. The van der Waals surface area contributed by atoms with Gasteiger partial charge in [-0.05, 0) is 37.4 Å². The van der Waals surface area contributed by atoms with E-state index in [-0.39, 0.29) is 30.2 Å². The zero-order valence-electron chi connectivity index (χ0n) is 15.5. The molecule has 0 atom stereocenters. The summed E-state index contributed by atoms with van der Waals surface area (Å²) in [5, 5.41) is 5.00. The summed E-state index contributed by atoms with van der Waals surface area (Å²) in [6, 6.07) is 10.9. The number of methoxy groups -OCH3 is 1. The average Bonchev–Trinajstić information content (AvgIpc) is 3.24. The van der Waals surface area contributed by atoms with Crippen LogP contribution in [-0.2, 0) is 14.3 Å². The summed E-state index contributed by atoms with van der Waals surface area (Å²) in [4.78, 5) is 27.9. The molecule has 1 aromatic heterocycles. The van der Waals surface area contributed by atoms with Crippen LogP contribution in [0.1, 0.15) is 18.7 Å². The number of thiophene rings is 1. The molecule has 3 rings (SSSR count). The smallest absolute Gasteiger partial charge is 0.278 e. The summed E-state index contributed by atoms with van der Waals surface area (Å²) in [6.07, 6.45) is 0.0388. The van der Waals surface area contributed by atoms with Crippen LogP contribution < -0.4 is 10.1 Å². The molecule has 1 aliphatic heterocycles. The van der Waals surface area contributed by atoms with Gasteiger partial charge in [0.25, 0.3) is 11.8 Å². The second-order valence-corrected chi connectivity index (χ2v) is 7.21. The van der Waals surface area contributed by atoms with Gasteiger partial charge >= 0.3 is 0 Å². The van der Waals surface area contributed by atoms with E-state index in [9.17, 15) is 9.59 Å². The number of benzene rings is 1. The number of nitrogens with zero attached hydrogens (tertiary/aromatic N) is 1. The molecule has 0 aliphatic carbocycles. The maximum Gasteiger partial charge on any atom is 0.278 e. The first-order chi connectivity index (χ1) is 13.0. The van der Waals surface area contributed by atoms with Gasteiger partial charge in [-0.2, -0.15) is 0 Å². The zero-order chi connectivity index (χ0) is 19.4. The number of rotatable bonds is 8. The number of hydrogen-bond acceptors (Lipinski definition) is 6. The highest BCUT2D eigenvalue weighted by Gasteiger charge is 2.39. The Bertz CT molecular complexity index is 859. The summed E-state index contributed by atoms with van der Waals surface area (Å²) >= 11 is 1.43. The van der Waals surface area contributed by atoms with Crippen LogP contribution in [0.3, 0.4) is 0 Å². The molecule has 0 saturated heterocycles. The summed E-state index contributed by atoms with van der Waals surface area (Å²) in [5.74, 6) is 0.0102. The standard InChI is InChI=1S/C20H22N2O4S/c1-13(2)26-10-9-22-19(23)17(16-8-5-11-27-16)18(20(22)24)21-14-6-4-7-15(12-14)25-3/h4-8,11-13,21H,9-10H2,1-3H3. The van der Waals surface area contributed by atoms with Crippen LogP contribution in [0.4, 0.5) is 5.69 Å². The quantitative estimate of drug-likeness (QED) is 0.705. The first-order valence-electron chi connectivity index (χ1n) is 8.68. The number of ether oxygens (including phenoxy) is 2. The molecule has 7 heteroatoms. The van der Waals surface area contributed by atoms with Gasteiger partial charge in [-0.25, -0.2) is 0 Å². The fraction of sp³-hybridized carbons (Fsp3) is 0.300. The van der Waals surface area contributed by atoms with Crippen LogP contribution in [0.5, 0.6) is 5.75 Å². The number of amides is 2. The highest BCUT2D eigenvalue weighted by Crippen LogP contribution is 2.33. The Labute approximate surface area is 162 Å². The largest absolute Gasteiger partial charge is 0.497 e. The number of nitrogens with one attached hydrogen (secondary N) is 1. The lowest BCUT2D eigenvalue weighted by molar-refractivity contribution is -0.137. The van der Waals surface area contributed by atoms with Gasteiger partial charge in [-0.3, -0.25) is 14.5 Å². The lowest BCUT2D eigenvalue weighted by atomic mass is 10.2. The Balaban J connectivity index is 1.90. The molecule has 2 aromatic rings. The molecule has 0 saturated carbocycles. The van der Waals surface area contributed by atoms with Crippen LogP contribution in [0.15, 0.2) is 47.5 Å². The normalized spacial score (nSPS) is 14.4. The third-order valence-corrected chi connectivity index (χ3v) is 4.93. The van der Waals surface area contributed by atoms with E-state index in [2.05, 4.69) is 5.32 Å². The molecule has 2 heterocycles. The van der Waals surface area contributed by atoms with E-state index in [0.29, 0.717) is 23.6 Å². The first-order valence-corrected chi connectivity index (χ1v) is 9.56. The number of imide groups is 1. The number of anilines is 1. The van der Waals surface area contributed by atoms with Crippen molar-refractivity contribution in [2.75, 3.05) is 25.6 Å². The van der Waals surface area contributed by atoms with Crippen molar-refractivity contribution >= 4 is 34.4 Å². The van der Waals surface area contributed by atoms with Crippen molar-refractivity contribution in [2.45, 2.75) is 20.0 Å². The molecule has 27 heavy (non-hydrogen) atoms. The van der Waals surface area contributed by atoms with E-state index >= 15 is 0 Å². The molecule has 0 spiro atoms. The van der Waals surface area contributed by atoms with Crippen LogP contribution in [0.2, 0.25) is 0 Å². The molecular weight excluding hydrogens is 364 g/mol. The van der Waals surface area contributed by atoms with Crippen molar-refractivity contribution in [2.24, 2.45) is 0 Å². The Kier molecular flexibility index (Phi) is 5.93. The Morgan fingerprint density at radius 3 is 2.63 bits per heavy atom. The van der Waals surface area contributed by atoms with Gasteiger partial charge in [0.2, 0.25) is 0 Å². The van der Waals surface area contributed by atoms with E-state index in [1.807, 2.05) is 49.6 Å². The van der Waals surface area contributed by atoms with Crippen LogP contribution in [0, 0.1) is 0 Å².